The van der Waals surface area contributed by atoms with Crippen LogP contribution in [0.2, 0.25) is 0 Å². The van der Waals surface area contributed by atoms with Crippen LogP contribution in [0, 0.1) is 19.7 Å². The average molecular weight is 434 g/mol. The van der Waals surface area contributed by atoms with Gasteiger partial charge >= 0.3 is 0 Å². The van der Waals surface area contributed by atoms with Gasteiger partial charge in [-0.15, -0.1) is 0 Å². The summed E-state index contributed by atoms with van der Waals surface area (Å²) in [6.07, 6.45) is 4.03. The summed E-state index contributed by atoms with van der Waals surface area (Å²) in [7, 11) is 0. The normalized spacial score (nSPS) is 16.6. The first kappa shape index (κ1) is 20.4. The van der Waals surface area contributed by atoms with Gasteiger partial charge in [0.15, 0.2) is 5.89 Å². The molecule has 1 aromatic carbocycles. The van der Waals surface area contributed by atoms with Crippen LogP contribution in [0.15, 0.2) is 45.5 Å². The highest BCUT2D eigenvalue weighted by Crippen LogP contribution is 2.30. The maximum absolute atomic E-state index is 13.4. The van der Waals surface area contributed by atoms with Crippen molar-refractivity contribution in [3.05, 3.63) is 76.5 Å². The Bertz CT molecular complexity index is 1280. The zero-order valence-corrected chi connectivity index (χ0v) is 18.0. The molecule has 7 nitrogen and oxygen atoms in total. The third-order valence-corrected chi connectivity index (χ3v) is 5.90. The zero-order chi connectivity index (χ0) is 22.2. The van der Waals surface area contributed by atoms with Crippen molar-refractivity contribution in [3.63, 3.8) is 0 Å². The van der Waals surface area contributed by atoms with E-state index in [2.05, 4.69) is 15.1 Å². The molecule has 0 saturated carbocycles. The molecule has 164 valence electrons. The van der Waals surface area contributed by atoms with Crippen LogP contribution in [0.1, 0.15) is 57.7 Å². The number of carbonyl (C=O) groups excluding carboxylic acids is 1. The Morgan fingerprint density at radius 2 is 2.06 bits per heavy atom. The van der Waals surface area contributed by atoms with E-state index in [0.29, 0.717) is 53.5 Å². The van der Waals surface area contributed by atoms with E-state index >= 15 is 0 Å². The summed E-state index contributed by atoms with van der Waals surface area (Å²) in [5.41, 5.74) is 3.27. The average Bonchev–Trinajstić information content (AvgIpc) is 3.41. The summed E-state index contributed by atoms with van der Waals surface area (Å²) in [5.74, 6) is 1.06. The summed E-state index contributed by atoms with van der Waals surface area (Å²) in [5, 5.41) is 4.64. The molecule has 4 aromatic rings. The van der Waals surface area contributed by atoms with Gasteiger partial charge in [-0.2, -0.15) is 0 Å². The van der Waals surface area contributed by atoms with E-state index in [1.807, 2.05) is 18.7 Å². The van der Waals surface area contributed by atoms with E-state index in [9.17, 15) is 9.18 Å². The number of aromatic nitrogens is 3. The van der Waals surface area contributed by atoms with Gasteiger partial charge < -0.3 is 13.8 Å². The van der Waals surface area contributed by atoms with Crippen LogP contribution in [0.5, 0.6) is 0 Å². The SMILES string of the molecule is Cc1cc(C(=O)N2CCCC(c3ncc(Cc4ccc(F)cc4)o3)C2)c2c(C)noc2n1. The van der Waals surface area contributed by atoms with Gasteiger partial charge in [0.2, 0.25) is 0 Å². The van der Waals surface area contributed by atoms with Crippen LogP contribution in [-0.4, -0.2) is 39.0 Å². The summed E-state index contributed by atoms with van der Waals surface area (Å²) < 4.78 is 24.4. The maximum Gasteiger partial charge on any atom is 0.258 e. The Morgan fingerprint density at radius 1 is 1.25 bits per heavy atom. The number of hydrogen-bond acceptors (Lipinski definition) is 6. The molecular weight excluding hydrogens is 411 g/mol. The summed E-state index contributed by atoms with van der Waals surface area (Å²) in [6.45, 7) is 4.85. The molecule has 1 aliphatic heterocycles. The van der Waals surface area contributed by atoms with Crippen molar-refractivity contribution in [3.8, 4) is 0 Å². The Labute approximate surface area is 184 Å². The Morgan fingerprint density at radius 3 is 2.88 bits per heavy atom. The molecule has 1 unspecified atom stereocenters. The molecule has 32 heavy (non-hydrogen) atoms. The van der Waals surface area contributed by atoms with E-state index in [4.69, 9.17) is 8.94 Å². The third kappa shape index (κ3) is 3.88. The van der Waals surface area contributed by atoms with Gasteiger partial charge in [0.05, 0.1) is 28.8 Å². The number of hydrogen-bond donors (Lipinski definition) is 0. The molecule has 1 amide bonds. The molecule has 4 heterocycles. The van der Waals surface area contributed by atoms with Crippen LogP contribution in [0.3, 0.4) is 0 Å². The quantitative estimate of drug-likeness (QED) is 0.468. The second-order valence-electron chi connectivity index (χ2n) is 8.32. The molecule has 1 aliphatic rings. The summed E-state index contributed by atoms with van der Waals surface area (Å²) in [6, 6.07) is 8.15. The smallest absolute Gasteiger partial charge is 0.258 e. The van der Waals surface area contributed by atoms with Gasteiger partial charge in [0.25, 0.3) is 11.6 Å². The number of amides is 1. The van der Waals surface area contributed by atoms with Crippen molar-refractivity contribution in [2.24, 2.45) is 0 Å². The molecule has 0 N–H and O–H groups in total. The number of aryl methyl sites for hydroxylation is 2. The van der Waals surface area contributed by atoms with Crippen molar-refractivity contribution >= 4 is 17.0 Å². The largest absolute Gasteiger partial charge is 0.445 e. The second-order valence-corrected chi connectivity index (χ2v) is 8.32. The number of halogens is 1. The van der Waals surface area contributed by atoms with E-state index in [1.165, 1.54) is 12.1 Å². The first-order chi connectivity index (χ1) is 15.5. The Hall–Kier alpha value is -3.55. The Kier molecular flexibility index (Phi) is 5.20. The lowest BCUT2D eigenvalue weighted by atomic mass is 9.97. The van der Waals surface area contributed by atoms with Crippen molar-refractivity contribution < 1.29 is 18.1 Å². The lowest BCUT2D eigenvalue weighted by Gasteiger charge is -2.31. The molecule has 5 rings (SSSR count). The molecule has 3 aromatic heterocycles. The lowest BCUT2D eigenvalue weighted by molar-refractivity contribution is 0.0699. The van der Waals surface area contributed by atoms with Crippen molar-refractivity contribution in [2.75, 3.05) is 13.1 Å². The van der Waals surface area contributed by atoms with Gasteiger partial charge in [-0.25, -0.2) is 14.4 Å². The highest BCUT2D eigenvalue weighted by molar-refractivity contribution is 6.06. The van der Waals surface area contributed by atoms with E-state index < -0.39 is 0 Å². The first-order valence-corrected chi connectivity index (χ1v) is 10.7. The third-order valence-electron chi connectivity index (χ3n) is 5.90. The first-order valence-electron chi connectivity index (χ1n) is 10.7. The zero-order valence-electron chi connectivity index (χ0n) is 18.0. The highest BCUT2D eigenvalue weighted by Gasteiger charge is 2.30. The number of pyridine rings is 1. The minimum atomic E-state index is -0.262. The molecule has 1 fully saturated rings. The molecule has 0 spiro atoms. The fraction of sp³-hybridized carbons (Fsp3) is 0.333. The van der Waals surface area contributed by atoms with E-state index in [1.54, 1.807) is 24.4 Å². The van der Waals surface area contributed by atoms with Crippen molar-refractivity contribution in [1.82, 2.24) is 20.0 Å². The van der Waals surface area contributed by atoms with Crippen LogP contribution >= 0.6 is 0 Å². The predicted octanol–water partition coefficient (Wildman–Crippen LogP) is 4.58. The molecular formula is C24H23FN4O3. The lowest BCUT2D eigenvalue weighted by Crippen LogP contribution is -2.39. The topological polar surface area (TPSA) is 85.3 Å². The molecule has 0 bridgehead atoms. The number of rotatable bonds is 4. The number of nitrogens with zero attached hydrogens (tertiary/aromatic N) is 4. The van der Waals surface area contributed by atoms with Crippen molar-refractivity contribution in [1.29, 1.82) is 0 Å². The number of oxazole rings is 1. The van der Waals surface area contributed by atoms with Crippen LogP contribution < -0.4 is 0 Å². The van der Waals surface area contributed by atoms with Gasteiger partial charge in [-0.05, 0) is 50.5 Å². The van der Waals surface area contributed by atoms with Gasteiger partial charge in [-0.3, -0.25) is 4.79 Å². The maximum atomic E-state index is 13.4. The number of likely N-dealkylation sites (tertiary alicyclic amines) is 1. The van der Waals surface area contributed by atoms with Gasteiger partial charge in [0.1, 0.15) is 11.6 Å². The molecule has 1 atom stereocenters. The molecule has 8 heteroatoms. The second kappa shape index (κ2) is 8.18. The van der Waals surface area contributed by atoms with Gasteiger partial charge in [0, 0.05) is 25.2 Å². The molecule has 1 saturated heterocycles. The molecule has 0 aliphatic carbocycles. The monoisotopic (exact) mass is 434 g/mol. The van der Waals surface area contributed by atoms with E-state index in [-0.39, 0.29) is 17.6 Å². The summed E-state index contributed by atoms with van der Waals surface area (Å²) in [4.78, 5) is 24.1. The number of fused-ring (bicyclic) bond motifs is 1. The Balaban J connectivity index is 1.34. The standard InChI is InChI=1S/C24H23FN4O3/c1-14-10-20(21-15(2)28-32-23(21)27-14)24(30)29-9-3-4-17(13-29)22-26-12-19(31-22)11-16-5-7-18(25)8-6-16/h5-8,10,12,17H,3-4,9,11,13H2,1-2H3. The minimum absolute atomic E-state index is 0.0247. The van der Waals surface area contributed by atoms with Crippen LogP contribution in [0.25, 0.3) is 11.1 Å². The van der Waals surface area contributed by atoms with Crippen LogP contribution in [0.4, 0.5) is 4.39 Å². The minimum Gasteiger partial charge on any atom is -0.445 e. The highest BCUT2D eigenvalue weighted by atomic mass is 19.1. The number of piperidine rings is 1. The number of carbonyl (C=O) groups is 1. The van der Waals surface area contributed by atoms with Gasteiger partial charge in [-0.1, -0.05) is 17.3 Å². The fourth-order valence-corrected chi connectivity index (χ4v) is 4.32. The summed E-state index contributed by atoms with van der Waals surface area (Å²) >= 11 is 0. The fourth-order valence-electron chi connectivity index (χ4n) is 4.32. The van der Waals surface area contributed by atoms with Crippen LogP contribution in [-0.2, 0) is 6.42 Å². The van der Waals surface area contributed by atoms with Crippen molar-refractivity contribution in [2.45, 2.75) is 39.0 Å². The van der Waals surface area contributed by atoms with E-state index in [0.717, 1.165) is 24.2 Å². The predicted molar refractivity (Wildman–Crippen MR) is 115 cm³/mol. The molecule has 0 radical (unpaired) electrons. The number of benzene rings is 1.